The number of carbonyl (C=O) groups is 3. The van der Waals surface area contributed by atoms with Crippen molar-refractivity contribution in [2.75, 3.05) is 19.7 Å². The van der Waals surface area contributed by atoms with Gasteiger partial charge in [0.1, 0.15) is 6.10 Å². The molecule has 1 aliphatic heterocycles. The summed E-state index contributed by atoms with van der Waals surface area (Å²) in [6, 6.07) is 9.70. The number of likely N-dealkylation sites (tertiary alicyclic amines) is 1. The number of benzene rings is 1. The maximum Gasteiger partial charge on any atom is 0.309 e. The van der Waals surface area contributed by atoms with Crippen LogP contribution in [0, 0.1) is 11.8 Å². The molecule has 198 valence electrons. The topological polar surface area (TPSA) is 95.9 Å². The maximum atomic E-state index is 12.9. The van der Waals surface area contributed by atoms with Crippen molar-refractivity contribution < 1.29 is 24.2 Å². The smallest absolute Gasteiger partial charge is 0.309 e. The van der Waals surface area contributed by atoms with E-state index < -0.39 is 12.0 Å². The second-order valence-corrected chi connectivity index (χ2v) is 9.59. The molecule has 2 amide bonds. The van der Waals surface area contributed by atoms with Crippen LogP contribution in [-0.2, 0) is 25.5 Å². The van der Waals surface area contributed by atoms with Crippen molar-refractivity contribution in [2.45, 2.75) is 70.4 Å². The van der Waals surface area contributed by atoms with Gasteiger partial charge < -0.3 is 20.1 Å². The SMILES string of the molecule is C=CCCC[C@H](Cc1ccccc1)C(=O)O[C@@H](C)CNC(=O)[C@H](CC=C)CC(=O)N1CCC[C@H]1CO. The van der Waals surface area contributed by atoms with Gasteiger partial charge >= 0.3 is 5.97 Å². The van der Waals surface area contributed by atoms with Gasteiger partial charge in [-0.05, 0) is 57.4 Å². The van der Waals surface area contributed by atoms with Gasteiger partial charge in [0.05, 0.1) is 31.0 Å². The van der Waals surface area contributed by atoms with Crippen LogP contribution in [0.2, 0.25) is 0 Å². The van der Waals surface area contributed by atoms with E-state index in [1.54, 1.807) is 17.9 Å². The Bertz CT molecular complexity index is 856. The molecule has 0 unspecified atom stereocenters. The number of nitrogens with one attached hydrogen (secondary N) is 1. The second-order valence-electron chi connectivity index (χ2n) is 9.59. The van der Waals surface area contributed by atoms with Gasteiger partial charge in [-0.3, -0.25) is 14.4 Å². The number of hydrogen-bond acceptors (Lipinski definition) is 5. The van der Waals surface area contributed by atoms with E-state index in [1.807, 2.05) is 36.4 Å². The highest BCUT2D eigenvalue weighted by Crippen LogP contribution is 2.21. The number of carbonyl (C=O) groups excluding carboxylic acids is 3. The van der Waals surface area contributed by atoms with Crippen LogP contribution in [0.3, 0.4) is 0 Å². The van der Waals surface area contributed by atoms with Gasteiger partial charge in [0.25, 0.3) is 0 Å². The Morgan fingerprint density at radius 3 is 2.61 bits per heavy atom. The summed E-state index contributed by atoms with van der Waals surface area (Å²) in [5.41, 5.74) is 1.08. The van der Waals surface area contributed by atoms with Gasteiger partial charge in [-0.15, -0.1) is 13.2 Å². The van der Waals surface area contributed by atoms with E-state index in [2.05, 4.69) is 18.5 Å². The first kappa shape index (κ1) is 29.3. The number of allylic oxidation sites excluding steroid dienone is 2. The van der Waals surface area contributed by atoms with E-state index in [4.69, 9.17) is 4.74 Å². The standard InChI is InChI=1S/C29H42N2O5/c1-4-6-8-15-25(18-23-13-9-7-10-14-23)29(35)36-22(3)20-30-28(34)24(12-5-2)19-27(33)31-17-11-16-26(31)21-32/h4-5,7,9-10,13-14,22,24-26,32H,1-2,6,8,11-12,15-21H2,3H3,(H,30,34)/t22-,24+,25+,26-/m0/s1. The molecule has 1 aromatic rings. The lowest BCUT2D eigenvalue weighted by atomic mass is 9.94. The summed E-state index contributed by atoms with van der Waals surface area (Å²) in [5, 5.41) is 12.3. The number of ether oxygens (including phenoxy) is 1. The number of unbranched alkanes of at least 4 members (excludes halogenated alkanes) is 1. The van der Waals surface area contributed by atoms with Crippen molar-refractivity contribution in [1.29, 1.82) is 0 Å². The van der Waals surface area contributed by atoms with Crippen molar-refractivity contribution in [1.82, 2.24) is 10.2 Å². The third kappa shape index (κ3) is 9.61. The summed E-state index contributed by atoms with van der Waals surface area (Å²) in [5.74, 6) is -1.49. The van der Waals surface area contributed by atoms with Crippen molar-refractivity contribution in [3.05, 3.63) is 61.2 Å². The Balaban J connectivity index is 1.88. The Kier molecular flexibility index (Phi) is 13.0. The Labute approximate surface area is 215 Å². The highest BCUT2D eigenvalue weighted by Gasteiger charge is 2.31. The first-order valence-corrected chi connectivity index (χ1v) is 13.0. The molecule has 4 atom stereocenters. The van der Waals surface area contributed by atoms with Gasteiger partial charge in [0.2, 0.25) is 11.8 Å². The number of esters is 1. The average Bonchev–Trinajstić information content (AvgIpc) is 3.36. The summed E-state index contributed by atoms with van der Waals surface area (Å²) in [7, 11) is 0. The summed E-state index contributed by atoms with van der Waals surface area (Å²) in [6.07, 6.45) is 8.04. The van der Waals surface area contributed by atoms with E-state index in [0.29, 0.717) is 25.8 Å². The third-order valence-corrected chi connectivity index (χ3v) is 6.65. The van der Waals surface area contributed by atoms with E-state index >= 15 is 0 Å². The lowest BCUT2D eigenvalue weighted by Crippen LogP contribution is -2.42. The van der Waals surface area contributed by atoms with Crippen LogP contribution < -0.4 is 5.32 Å². The molecule has 1 heterocycles. The molecule has 0 spiro atoms. The first-order valence-electron chi connectivity index (χ1n) is 13.0. The zero-order valence-electron chi connectivity index (χ0n) is 21.6. The van der Waals surface area contributed by atoms with Crippen LogP contribution in [-0.4, -0.2) is 59.6 Å². The number of nitrogens with zero attached hydrogens (tertiary/aromatic N) is 1. The monoisotopic (exact) mass is 498 g/mol. The zero-order chi connectivity index (χ0) is 26.3. The minimum absolute atomic E-state index is 0.0605. The van der Waals surface area contributed by atoms with Crippen molar-refractivity contribution in [3.63, 3.8) is 0 Å². The van der Waals surface area contributed by atoms with Gasteiger partial charge in [-0.25, -0.2) is 0 Å². The fourth-order valence-corrected chi connectivity index (χ4v) is 4.60. The molecule has 2 rings (SSSR count). The van der Waals surface area contributed by atoms with Crippen molar-refractivity contribution >= 4 is 17.8 Å². The largest absolute Gasteiger partial charge is 0.461 e. The molecule has 0 saturated carbocycles. The lowest BCUT2D eigenvalue weighted by molar-refractivity contribution is -0.153. The van der Waals surface area contributed by atoms with Crippen molar-refractivity contribution in [2.24, 2.45) is 11.8 Å². The Morgan fingerprint density at radius 1 is 1.19 bits per heavy atom. The molecule has 36 heavy (non-hydrogen) atoms. The van der Waals surface area contributed by atoms with Crippen molar-refractivity contribution in [3.8, 4) is 0 Å². The predicted octanol–water partition coefficient (Wildman–Crippen LogP) is 3.82. The normalized spacial score (nSPS) is 17.6. The van der Waals surface area contributed by atoms with Gasteiger partial charge in [0, 0.05) is 13.0 Å². The maximum absolute atomic E-state index is 12.9. The predicted molar refractivity (Wildman–Crippen MR) is 141 cm³/mol. The van der Waals surface area contributed by atoms with Gasteiger partial charge in [-0.2, -0.15) is 0 Å². The molecular formula is C29H42N2O5. The molecule has 0 aromatic heterocycles. The molecule has 1 aromatic carbocycles. The van der Waals surface area contributed by atoms with Crippen LogP contribution in [0.25, 0.3) is 0 Å². The molecule has 2 N–H and O–H groups in total. The fourth-order valence-electron chi connectivity index (χ4n) is 4.60. The Hall–Kier alpha value is -2.93. The van der Waals surface area contributed by atoms with E-state index in [1.165, 1.54) is 0 Å². The quantitative estimate of drug-likeness (QED) is 0.205. The van der Waals surface area contributed by atoms with Crippen LogP contribution in [0.5, 0.6) is 0 Å². The summed E-state index contributed by atoms with van der Waals surface area (Å²) in [4.78, 5) is 40.2. The lowest BCUT2D eigenvalue weighted by Gasteiger charge is -2.25. The number of hydrogen-bond donors (Lipinski definition) is 2. The average molecular weight is 499 g/mol. The van der Waals surface area contributed by atoms with Crippen LogP contribution in [0.15, 0.2) is 55.6 Å². The highest BCUT2D eigenvalue weighted by atomic mass is 16.5. The molecule has 1 aliphatic rings. The molecule has 7 heteroatoms. The number of aliphatic hydroxyl groups is 1. The molecule has 1 saturated heterocycles. The molecule has 0 aliphatic carbocycles. The molecule has 0 bridgehead atoms. The van der Waals surface area contributed by atoms with Crippen LogP contribution >= 0.6 is 0 Å². The molecule has 0 radical (unpaired) electrons. The second kappa shape index (κ2) is 15.9. The molecular weight excluding hydrogens is 456 g/mol. The number of aliphatic hydroxyl groups excluding tert-OH is 1. The van der Waals surface area contributed by atoms with E-state index in [0.717, 1.165) is 31.2 Å². The highest BCUT2D eigenvalue weighted by molar-refractivity contribution is 5.86. The minimum atomic E-state index is -0.553. The van der Waals surface area contributed by atoms with Gasteiger partial charge in [0.15, 0.2) is 0 Å². The van der Waals surface area contributed by atoms with Crippen LogP contribution in [0.1, 0.15) is 57.4 Å². The van der Waals surface area contributed by atoms with E-state index in [9.17, 15) is 19.5 Å². The minimum Gasteiger partial charge on any atom is -0.461 e. The van der Waals surface area contributed by atoms with Gasteiger partial charge in [-0.1, -0.05) is 42.5 Å². The van der Waals surface area contributed by atoms with Crippen LogP contribution in [0.4, 0.5) is 0 Å². The number of amides is 2. The number of rotatable bonds is 16. The third-order valence-electron chi connectivity index (χ3n) is 6.65. The summed E-state index contributed by atoms with van der Waals surface area (Å²) < 4.78 is 5.69. The molecule has 1 fully saturated rings. The Morgan fingerprint density at radius 2 is 1.94 bits per heavy atom. The van der Waals surface area contributed by atoms with E-state index in [-0.39, 0.29) is 49.3 Å². The summed E-state index contributed by atoms with van der Waals surface area (Å²) in [6.45, 7) is 9.94. The first-order chi connectivity index (χ1) is 17.4. The fraction of sp³-hybridized carbons (Fsp3) is 0.552. The zero-order valence-corrected chi connectivity index (χ0v) is 21.6. The summed E-state index contributed by atoms with van der Waals surface area (Å²) >= 11 is 0. The molecule has 7 nitrogen and oxygen atoms in total.